The van der Waals surface area contributed by atoms with E-state index in [1.54, 1.807) is 18.2 Å². The predicted octanol–water partition coefficient (Wildman–Crippen LogP) is 4.92. The standard InChI is InChI=1S/C21H16Cl2F3N3O6S/c22-16-3-1-2-12(18(16)23)10-27-20(30)33-19-15-11-29(9-8-17(15)35-28-19)36(31,32)14-6-4-13(5-7-14)34-21(24,25)26/h1-7H,8-11H2,(H,27,30). The van der Waals surface area contributed by atoms with E-state index in [-0.39, 0.29) is 47.4 Å². The molecule has 0 spiro atoms. The Morgan fingerprint density at radius 3 is 2.58 bits per heavy atom. The van der Waals surface area contributed by atoms with Crippen molar-refractivity contribution in [2.75, 3.05) is 6.54 Å². The number of carbonyl (C=O) groups excluding carboxylic acids is 1. The third-order valence-corrected chi connectivity index (χ3v) is 7.81. The first-order valence-corrected chi connectivity index (χ1v) is 12.4. The molecular formula is C21H16Cl2F3N3O6S. The Labute approximate surface area is 212 Å². The first kappa shape index (κ1) is 26.1. The van der Waals surface area contributed by atoms with Gasteiger partial charge in [0.15, 0.2) is 0 Å². The maximum absolute atomic E-state index is 13.0. The average molecular weight is 566 g/mol. The van der Waals surface area contributed by atoms with Crippen molar-refractivity contribution in [3.05, 3.63) is 69.4 Å². The summed E-state index contributed by atoms with van der Waals surface area (Å²) in [4.78, 5) is 12.0. The Kier molecular flexibility index (Phi) is 7.36. The Hall–Kier alpha value is -3.00. The number of ether oxygens (including phenoxy) is 2. The molecule has 4 rings (SSSR count). The molecule has 36 heavy (non-hydrogen) atoms. The SMILES string of the molecule is O=C(NCc1cccc(Cl)c1Cl)Oc1noc2c1CN(S(=O)(=O)c1ccc(OC(F)(F)F)cc1)CC2. The highest BCUT2D eigenvalue weighted by Gasteiger charge is 2.34. The fourth-order valence-corrected chi connectivity index (χ4v) is 5.18. The van der Waals surface area contributed by atoms with Crippen molar-refractivity contribution in [1.29, 1.82) is 0 Å². The van der Waals surface area contributed by atoms with Gasteiger partial charge in [-0.15, -0.1) is 13.2 Å². The van der Waals surface area contributed by atoms with Gasteiger partial charge >= 0.3 is 12.5 Å². The largest absolute Gasteiger partial charge is 0.573 e. The lowest BCUT2D eigenvalue weighted by atomic mass is 10.1. The number of rotatable bonds is 6. The van der Waals surface area contributed by atoms with Gasteiger partial charge in [0, 0.05) is 26.1 Å². The van der Waals surface area contributed by atoms with Gasteiger partial charge in [0.1, 0.15) is 11.5 Å². The highest BCUT2D eigenvalue weighted by molar-refractivity contribution is 7.89. The van der Waals surface area contributed by atoms with Crippen LogP contribution < -0.4 is 14.8 Å². The Balaban J connectivity index is 1.43. The molecule has 0 bridgehead atoms. The summed E-state index contributed by atoms with van der Waals surface area (Å²) in [5.74, 6) is -0.424. The van der Waals surface area contributed by atoms with Crippen LogP contribution in [0.1, 0.15) is 16.9 Å². The van der Waals surface area contributed by atoms with E-state index in [1.807, 2.05) is 0 Å². The van der Waals surface area contributed by atoms with Crippen LogP contribution in [0.4, 0.5) is 18.0 Å². The number of sulfonamides is 1. The van der Waals surface area contributed by atoms with Crippen molar-refractivity contribution < 1.29 is 40.4 Å². The van der Waals surface area contributed by atoms with Crippen molar-refractivity contribution in [2.45, 2.75) is 30.8 Å². The zero-order chi connectivity index (χ0) is 26.1. The summed E-state index contributed by atoms with van der Waals surface area (Å²) in [6, 6.07) is 8.74. The normalized spacial score (nSPS) is 14.2. The van der Waals surface area contributed by atoms with Crippen LogP contribution in [0.25, 0.3) is 0 Å². The summed E-state index contributed by atoms with van der Waals surface area (Å²) in [6.07, 6.45) is -5.65. The van der Waals surface area contributed by atoms with E-state index in [0.29, 0.717) is 16.3 Å². The Morgan fingerprint density at radius 1 is 1.17 bits per heavy atom. The molecule has 1 aliphatic heterocycles. The minimum Gasteiger partial charge on any atom is -0.406 e. The van der Waals surface area contributed by atoms with Crippen LogP contribution in [0, 0.1) is 0 Å². The molecule has 2 aromatic carbocycles. The predicted molar refractivity (Wildman–Crippen MR) is 120 cm³/mol. The summed E-state index contributed by atoms with van der Waals surface area (Å²) in [5, 5.41) is 6.79. The van der Waals surface area contributed by atoms with Gasteiger partial charge in [-0.2, -0.15) is 4.31 Å². The smallest absolute Gasteiger partial charge is 0.406 e. The number of nitrogens with zero attached hydrogens (tertiary/aromatic N) is 2. The molecule has 0 unspecified atom stereocenters. The van der Waals surface area contributed by atoms with E-state index in [0.717, 1.165) is 28.6 Å². The number of fused-ring (bicyclic) bond motifs is 1. The van der Waals surface area contributed by atoms with Crippen LogP contribution in [0.5, 0.6) is 11.6 Å². The molecule has 0 aliphatic carbocycles. The summed E-state index contributed by atoms with van der Waals surface area (Å²) >= 11 is 12.0. The summed E-state index contributed by atoms with van der Waals surface area (Å²) < 4.78 is 78.4. The molecule has 0 fully saturated rings. The molecule has 2 heterocycles. The molecule has 0 atom stereocenters. The number of alkyl halides is 3. The van der Waals surface area contributed by atoms with Gasteiger partial charge in [0.05, 0.1) is 20.5 Å². The topological polar surface area (TPSA) is 111 Å². The van der Waals surface area contributed by atoms with E-state index >= 15 is 0 Å². The van der Waals surface area contributed by atoms with Crippen molar-refractivity contribution >= 4 is 39.3 Å². The van der Waals surface area contributed by atoms with Gasteiger partial charge in [-0.05, 0) is 41.1 Å². The minimum atomic E-state index is -4.90. The second-order valence-electron chi connectivity index (χ2n) is 7.45. The number of nitrogens with one attached hydrogen (secondary N) is 1. The lowest BCUT2D eigenvalue weighted by Gasteiger charge is -2.25. The van der Waals surface area contributed by atoms with Crippen LogP contribution in [-0.2, 0) is 29.5 Å². The average Bonchev–Trinajstić information content (AvgIpc) is 3.21. The van der Waals surface area contributed by atoms with Crippen LogP contribution in [0.3, 0.4) is 0 Å². The molecule has 1 amide bonds. The quantitative estimate of drug-likeness (QED) is 0.451. The van der Waals surface area contributed by atoms with E-state index in [1.165, 1.54) is 0 Å². The van der Waals surface area contributed by atoms with Crippen LogP contribution in [0.2, 0.25) is 10.0 Å². The van der Waals surface area contributed by atoms with Crippen molar-refractivity contribution in [1.82, 2.24) is 14.8 Å². The van der Waals surface area contributed by atoms with E-state index < -0.39 is 28.2 Å². The van der Waals surface area contributed by atoms with Gasteiger partial charge in [0.25, 0.3) is 5.88 Å². The molecule has 0 saturated carbocycles. The molecule has 1 aromatic heterocycles. The molecule has 3 aromatic rings. The Morgan fingerprint density at radius 2 is 1.89 bits per heavy atom. The lowest BCUT2D eigenvalue weighted by Crippen LogP contribution is -2.36. The molecule has 1 aliphatic rings. The molecule has 1 N–H and O–H groups in total. The van der Waals surface area contributed by atoms with Gasteiger partial charge in [-0.3, -0.25) is 0 Å². The van der Waals surface area contributed by atoms with Crippen LogP contribution in [0.15, 0.2) is 51.9 Å². The molecule has 0 radical (unpaired) electrons. The first-order chi connectivity index (χ1) is 16.9. The highest BCUT2D eigenvalue weighted by atomic mass is 35.5. The van der Waals surface area contributed by atoms with Gasteiger partial charge in [0.2, 0.25) is 10.0 Å². The van der Waals surface area contributed by atoms with Gasteiger partial charge in [-0.1, -0.05) is 35.3 Å². The molecular weight excluding hydrogens is 550 g/mol. The zero-order valence-electron chi connectivity index (χ0n) is 18.0. The number of aromatic nitrogens is 1. The number of carbonyl (C=O) groups is 1. The van der Waals surface area contributed by atoms with Crippen LogP contribution >= 0.6 is 23.2 Å². The van der Waals surface area contributed by atoms with Gasteiger partial charge in [-0.25, -0.2) is 13.2 Å². The summed E-state index contributed by atoms with van der Waals surface area (Å²) in [5.41, 5.74) is 0.796. The van der Waals surface area contributed by atoms with Crippen LogP contribution in [-0.4, -0.2) is 36.9 Å². The van der Waals surface area contributed by atoms with Crippen molar-refractivity contribution in [3.63, 3.8) is 0 Å². The third-order valence-electron chi connectivity index (χ3n) is 5.10. The minimum absolute atomic E-state index is 0.00677. The van der Waals surface area contributed by atoms with Crippen molar-refractivity contribution in [3.8, 4) is 11.6 Å². The molecule has 192 valence electrons. The molecule has 15 heteroatoms. The van der Waals surface area contributed by atoms with E-state index in [4.69, 9.17) is 32.5 Å². The van der Waals surface area contributed by atoms with Gasteiger partial charge < -0.3 is 19.3 Å². The second kappa shape index (κ2) is 10.2. The Bertz CT molecular complexity index is 1380. The number of halogens is 5. The summed E-state index contributed by atoms with van der Waals surface area (Å²) in [6.45, 7) is -0.207. The highest BCUT2D eigenvalue weighted by Crippen LogP contribution is 2.32. The first-order valence-electron chi connectivity index (χ1n) is 10.2. The zero-order valence-corrected chi connectivity index (χ0v) is 20.3. The molecule has 0 saturated heterocycles. The van der Waals surface area contributed by atoms with E-state index in [9.17, 15) is 26.4 Å². The number of hydrogen-bond donors (Lipinski definition) is 1. The maximum Gasteiger partial charge on any atom is 0.573 e. The fraction of sp³-hybridized carbons (Fsp3) is 0.238. The van der Waals surface area contributed by atoms with Crippen molar-refractivity contribution in [2.24, 2.45) is 0 Å². The summed E-state index contributed by atoms with van der Waals surface area (Å²) in [7, 11) is -4.10. The maximum atomic E-state index is 13.0. The fourth-order valence-electron chi connectivity index (χ4n) is 3.38. The molecule has 9 nitrogen and oxygen atoms in total. The monoisotopic (exact) mass is 565 g/mol. The number of hydrogen-bond acceptors (Lipinski definition) is 7. The third kappa shape index (κ3) is 5.86. The second-order valence-corrected chi connectivity index (χ2v) is 10.2. The lowest BCUT2D eigenvalue weighted by molar-refractivity contribution is -0.274. The number of benzene rings is 2. The van der Waals surface area contributed by atoms with E-state index in [2.05, 4.69) is 15.2 Å². The number of amides is 1.